The van der Waals surface area contributed by atoms with Gasteiger partial charge in [-0.2, -0.15) is 0 Å². The molecular formula is C16H20N2O3S2. The van der Waals surface area contributed by atoms with Gasteiger partial charge in [-0.25, -0.2) is 13.1 Å². The Labute approximate surface area is 140 Å². The molecule has 1 heterocycles. The summed E-state index contributed by atoms with van der Waals surface area (Å²) in [5.41, 5.74) is 2.25. The van der Waals surface area contributed by atoms with E-state index in [2.05, 4.69) is 36.0 Å². The number of carbonyl (C=O) groups is 1. The van der Waals surface area contributed by atoms with Crippen molar-refractivity contribution in [2.24, 2.45) is 0 Å². The van der Waals surface area contributed by atoms with Gasteiger partial charge in [0.25, 0.3) is 5.91 Å². The van der Waals surface area contributed by atoms with Crippen LogP contribution in [-0.4, -0.2) is 21.4 Å². The first-order chi connectivity index (χ1) is 10.8. The van der Waals surface area contributed by atoms with Gasteiger partial charge in [-0.1, -0.05) is 38.1 Å². The molecule has 2 N–H and O–H groups in total. The third-order valence-electron chi connectivity index (χ3n) is 3.44. The highest BCUT2D eigenvalue weighted by atomic mass is 32.2. The topological polar surface area (TPSA) is 75.3 Å². The van der Waals surface area contributed by atoms with Crippen molar-refractivity contribution in [3.63, 3.8) is 0 Å². The zero-order valence-electron chi connectivity index (χ0n) is 13.3. The number of sulfonamides is 1. The number of rotatable bonds is 6. The lowest BCUT2D eigenvalue weighted by Crippen LogP contribution is -2.21. The van der Waals surface area contributed by atoms with Crippen molar-refractivity contribution in [3.8, 4) is 0 Å². The number of amides is 1. The molecule has 0 radical (unpaired) electrons. The first-order valence-corrected chi connectivity index (χ1v) is 9.54. The number of carbonyl (C=O) groups excluding carboxylic acids is 1. The van der Waals surface area contributed by atoms with Crippen molar-refractivity contribution >= 4 is 27.3 Å². The minimum atomic E-state index is -3.50. The third-order valence-corrected chi connectivity index (χ3v) is 6.43. The maximum absolute atomic E-state index is 12.1. The van der Waals surface area contributed by atoms with Crippen LogP contribution in [0.1, 0.15) is 40.6 Å². The van der Waals surface area contributed by atoms with Gasteiger partial charge in [0, 0.05) is 6.54 Å². The van der Waals surface area contributed by atoms with Gasteiger partial charge in [-0.15, -0.1) is 11.3 Å². The molecule has 23 heavy (non-hydrogen) atoms. The van der Waals surface area contributed by atoms with Crippen LogP contribution in [0.5, 0.6) is 0 Å². The molecule has 0 saturated carbocycles. The van der Waals surface area contributed by atoms with Gasteiger partial charge >= 0.3 is 0 Å². The lowest BCUT2D eigenvalue weighted by Gasteiger charge is -2.07. The van der Waals surface area contributed by atoms with Gasteiger partial charge in [0.1, 0.15) is 4.21 Å². The maximum atomic E-state index is 12.1. The molecule has 0 spiro atoms. The molecule has 0 saturated heterocycles. The van der Waals surface area contributed by atoms with Crippen molar-refractivity contribution in [2.45, 2.75) is 30.5 Å². The molecule has 1 amide bonds. The van der Waals surface area contributed by atoms with E-state index in [0.29, 0.717) is 17.3 Å². The summed E-state index contributed by atoms with van der Waals surface area (Å²) in [6.07, 6.45) is 0. The van der Waals surface area contributed by atoms with Gasteiger partial charge < -0.3 is 5.32 Å². The zero-order chi connectivity index (χ0) is 17.0. The van der Waals surface area contributed by atoms with Gasteiger partial charge in [0.05, 0.1) is 4.88 Å². The summed E-state index contributed by atoms with van der Waals surface area (Å²) < 4.78 is 25.7. The molecule has 0 aliphatic heterocycles. The lowest BCUT2D eigenvalue weighted by atomic mass is 10.0. The summed E-state index contributed by atoms with van der Waals surface area (Å²) in [5.74, 6) is 0.192. The Morgan fingerprint density at radius 1 is 1.13 bits per heavy atom. The van der Waals surface area contributed by atoms with E-state index in [1.807, 2.05) is 12.1 Å². The van der Waals surface area contributed by atoms with Gasteiger partial charge in [-0.05, 0) is 36.2 Å². The first kappa shape index (κ1) is 17.7. The molecule has 0 unspecified atom stereocenters. The summed E-state index contributed by atoms with van der Waals surface area (Å²) in [7, 11) is -2.16. The maximum Gasteiger partial charge on any atom is 0.261 e. The second-order valence-electron chi connectivity index (χ2n) is 5.41. The smallest absolute Gasteiger partial charge is 0.261 e. The quantitative estimate of drug-likeness (QED) is 0.839. The molecule has 2 aromatic rings. The Morgan fingerprint density at radius 3 is 2.35 bits per heavy atom. The molecule has 0 aliphatic carbocycles. The average Bonchev–Trinajstić information content (AvgIpc) is 3.04. The van der Waals surface area contributed by atoms with Crippen molar-refractivity contribution < 1.29 is 13.2 Å². The predicted octanol–water partition coefficient (Wildman–Crippen LogP) is 2.71. The number of thiophene rings is 1. The van der Waals surface area contributed by atoms with E-state index in [9.17, 15) is 13.2 Å². The SMILES string of the molecule is CNS(=O)(=O)c1ccc(C(=O)NCc2ccc(C(C)C)cc2)s1. The summed E-state index contributed by atoms with van der Waals surface area (Å²) >= 11 is 0.952. The highest BCUT2D eigenvalue weighted by Crippen LogP contribution is 2.21. The van der Waals surface area contributed by atoms with Crippen LogP contribution in [0.4, 0.5) is 0 Å². The third kappa shape index (κ3) is 4.40. The molecule has 0 atom stereocenters. The monoisotopic (exact) mass is 352 g/mol. The van der Waals surface area contributed by atoms with E-state index in [1.54, 1.807) is 0 Å². The molecule has 0 fully saturated rings. The molecule has 1 aromatic heterocycles. The van der Waals surface area contributed by atoms with Crippen molar-refractivity contribution in [2.75, 3.05) is 7.05 Å². The predicted molar refractivity (Wildman–Crippen MR) is 92.3 cm³/mol. The number of hydrogen-bond acceptors (Lipinski definition) is 4. The minimum Gasteiger partial charge on any atom is -0.347 e. The number of benzene rings is 1. The first-order valence-electron chi connectivity index (χ1n) is 7.24. The summed E-state index contributed by atoms with van der Waals surface area (Å²) in [6, 6.07) is 11.0. The molecule has 124 valence electrons. The molecule has 7 heteroatoms. The van der Waals surface area contributed by atoms with E-state index < -0.39 is 10.0 Å². The fourth-order valence-electron chi connectivity index (χ4n) is 1.98. The van der Waals surface area contributed by atoms with Crippen LogP contribution in [0.3, 0.4) is 0 Å². The molecule has 1 aromatic carbocycles. The van der Waals surface area contributed by atoms with Gasteiger partial charge in [-0.3, -0.25) is 4.79 Å². The van der Waals surface area contributed by atoms with Crippen LogP contribution in [0.25, 0.3) is 0 Å². The molecule has 2 rings (SSSR count). The van der Waals surface area contributed by atoms with Crippen LogP contribution < -0.4 is 10.0 Å². The highest BCUT2D eigenvalue weighted by molar-refractivity contribution is 7.91. The van der Waals surface area contributed by atoms with Crippen molar-refractivity contribution in [1.82, 2.24) is 10.0 Å². The highest BCUT2D eigenvalue weighted by Gasteiger charge is 2.17. The van der Waals surface area contributed by atoms with E-state index in [4.69, 9.17) is 0 Å². The minimum absolute atomic E-state index is 0.131. The van der Waals surface area contributed by atoms with E-state index in [0.717, 1.165) is 16.9 Å². The Kier molecular flexibility index (Phi) is 5.56. The van der Waals surface area contributed by atoms with Crippen LogP contribution >= 0.6 is 11.3 Å². The summed E-state index contributed by atoms with van der Waals surface area (Å²) in [5, 5.41) is 2.80. The van der Waals surface area contributed by atoms with Crippen molar-refractivity contribution in [1.29, 1.82) is 0 Å². The van der Waals surface area contributed by atoms with Crippen molar-refractivity contribution in [3.05, 3.63) is 52.4 Å². The largest absolute Gasteiger partial charge is 0.347 e. The summed E-state index contributed by atoms with van der Waals surface area (Å²) in [4.78, 5) is 12.5. The molecule has 0 aliphatic rings. The Morgan fingerprint density at radius 2 is 1.78 bits per heavy atom. The van der Waals surface area contributed by atoms with Gasteiger partial charge in [0.15, 0.2) is 0 Å². The Balaban J connectivity index is 2.00. The summed E-state index contributed by atoms with van der Waals surface area (Å²) in [6.45, 7) is 4.66. The number of nitrogens with one attached hydrogen (secondary N) is 2. The Bertz CT molecular complexity index is 778. The second kappa shape index (κ2) is 7.25. The van der Waals surface area contributed by atoms with E-state index in [-0.39, 0.29) is 10.1 Å². The van der Waals surface area contributed by atoms with Crippen LogP contribution in [-0.2, 0) is 16.6 Å². The second-order valence-corrected chi connectivity index (χ2v) is 8.60. The molecule has 5 nitrogen and oxygen atoms in total. The van der Waals surface area contributed by atoms with Crippen LogP contribution in [0, 0.1) is 0 Å². The van der Waals surface area contributed by atoms with Gasteiger partial charge in [0.2, 0.25) is 10.0 Å². The zero-order valence-corrected chi connectivity index (χ0v) is 14.9. The van der Waals surface area contributed by atoms with Crippen LogP contribution in [0.15, 0.2) is 40.6 Å². The molecule has 0 bridgehead atoms. The fraction of sp³-hybridized carbons (Fsp3) is 0.312. The Hall–Kier alpha value is -1.70. The normalized spacial score (nSPS) is 11.7. The molecular weight excluding hydrogens is 332 g/mol. The van der Waals surface area contributed by atoms with E-state index in [1.165, 1.54) is 24.7 Å². The van der Waals surface area contributed by atoms with Crippen LogP contribution in [0.2, 0.25) is 0 Å². The van der Waals surface area contributed by atoms with E-state index >= 15 is 0 Å². The number of hydrogen-bond donors (Lipinski definition) is 2. The lowest BCUT2D eigenvalue weighted by molar-refractivity contribution is 0.0955. The standard InChI is InChI=1S/C16H20N2O3S2/c1-11(2)13-6-4-12(5-7-13)10-18-16(19)14-8-9-15(22-14)23(20,21)17-3/h4-9,11,17H,10H2,1-3H3,(H,18,19). The average molecular weight is 352 g/mol. The fourth-order valence-corrected chi connectivity index (χ4v) is 4.04.